The maximum atomic E-state index is 12.7. The van der Waals surface area contributed by atoms with Gasteiger partial charge < -0.3 is 25.1 Å². The quantitative estimate of drug-likeness (QED) is 0.0221. The molecule has 1 heterocycles. The molecule has 0 saturated carbocycles. The van der Waals surface area contributed by atoms with Crippen molar-refractivity contribution in [3.8, 4) is 5.75 Å². The number of rotatable bonds is 13. The van der Waals surface area contributed by atoms with Crippen molar-refractivity contribution in [3.05, 3.63) is 41.2 Å². The molecule has 1 aromatic rings. The summed E-state index contributed by atoms with van der Waals surface area (Å²) < 4.78 is 18.4. The molecule has 174 valence electrons. The summed E-state index contributed by atoms with van der Waals surface area (Å²) in [5.74, 6) is -0.582. The van der Waals surface area contributed by atoms with Gasteiger partial charge in [0, 0.05) is 23.1 Å². The topological polar surface area (TPSA) is 188 Å². The molecule has 32 heavy (non-hydrogen) atoms. The van der Waals surface area contributed by atoms with Gasteiger partial charge in [0.25, 0.3) is 11.8 Å². The molecule has 1 aliphatic rings. The van der Waals surface area contributed by atoms with Gasteiger partial charge in [0.15, 0.2) is 5.70 Å². The van der Waals surface area contributed by atoms with Crippen LogP contribution in [0.2, 0.25) is 0 Å². The molecule has 0 bridgehead atoms. The minimum absolute atomic E-state index is 0.0407. The molecule has 12 nitrogen and oxygen atoms in total. The number of carbonyl (C=O) groups is 2. The Balaban J connectivity index is 1.92. The van der Waals surface area contributed by atoms with Crippen molar-refractivity contribution < 1.29 is 23.7 Å². The van der Waals surface area contributed by atoms with Crippen LogP contribution in [0.3, 0.4) is 0 Å². The Hall–Kier alpha value is -2.56. The molecule has 0 aliphatic carbocycles. The molecule has 1 saturated heterocycles. The molecule has 0 aromatic heterocycles. The second-order valence-electron chi connectivity index (χ2n) is 6.30. The third kappa shape index (κ3) is 6.47. The van der Waals surface area contributed by atoms with Crippen molar-refractivity contribution in [1.29, 1.82) is 5.41 Å². The lowest BCUT2D eigenvalue weighted by Gasteiger charge is -2.42. The SMILES string of the molecule is C[C@@H]1[C@H](NC(=O)/C(NOCCOc2ccc(C(=N)N)cc2)=C(\C=S)NSN)C(=O)N1SO. The molecule has 9 N–H and O–H groups in total. The molecule has 1 aliphatic heterocycles. The van der Waals surface area contributed by atoms with Crippen molar-refractivity contribution in [1.82, 2.24) is 19.8 Å². The molecule has 2 rings (SSSR count). The van der Waals surface area contributed by atoms with E-state index in [1.54, 1.807) is 31.2 Å². The maximum absolute atomic E-state index is 12.7. The lowest BCUT2D eigenvalue weighted by Crippen LogP contribution is -2.67. The number of hydrogen-bond acceptors (Lipinski definition) is 12. The monoisotopic (exact) mass is 501 g/mol. The summed E-state index contributed by atoms with van der Waals surface area (Å²) >= 11 is 5.94. The highest BCUT2D eigenvalue weighted by molar-refractivity contribution is 7.95. The minimum atomic E-state index is -0.808. The van der Waals surface area contributed by atoms with Crippen LogP contribution >= 0.6 is 36.6 Å². The molecule has 15 heteroatoms. The number of β-lactam (4-membered cyclic amide) rings is 1. The van der Waals surface area contributed by atoms with Crippen LogP contribution < -0.4 is 31.1 Å². The highest BCUT2D eigenvalue weighted by Gasteiger charge is 2.46. The molecule has 0 unspecified atom stereocenters. The molecular formula is C17H23N7O5S3. The van der Waals surface area contributed by atoms with E-state index in [4.69, 9.17) is 42.6 Å². The van der Waals surface area contributed by atoms with Gasteiger partial charge in [-0.05, 0) is 31.2 Å². The summed E-state index contributed by atoms with van der Waals surface area (Å²) in [5.41, 5.74) is 8.57. The average molecular weight is 502 g/mol. The van der Waals surface area contributed by atoms with E-state index in [0.29, 0.717) is 23.5 Å². The van der Waals surface area contributed by atoms with Gasteiger partial charge in [-0.2, -0.15) is 0 Å². The predicted molar refractivity (Wildman–Crippen MR) is 126 cm³/mol. The summed E-state index contributed by atoms with van der Waals surface area (Å²) in [5, 5.41) is 16.5. The van der Waals surface area contributed by atoms with E-state index in [0.717, 1.165) is 16.4 Å². The van der Waals surface area contributed by atoms with Gasteiger partial charge in [-0.3, -0.25) is 34.8 Å². The van der Waals surface area contributed by atoms with E-state index in [-0.39, 0.29) is 30.4 Å². The number of hydrogen-bond donors (Lipinski definition) is 7. The Bertz CT molecular complexity index is 884. The van der Waals surface area contributed by atoms with Gasteiger partial charge >= 0.3 is 0 Å². The first-order chi connectivity index (χ1) is 15.3. The van der Waals surface area contributed by atoms with Crippen LogP contribution in [-0.2, 0) is 14.4 Å². The fourth-order valence-corrected chi connectivity index (χ4v) is 3.59. The van der Waals surface area contributed by atoms with Crippen LogP contribution in [0.4, 0.5) is 0 Å². The molecule has 2 amide bonds. The number of nitrogen functional groups attached to an aromatic ring is 1. The van der Waals surface area contributed by atoms with E-state index in [2.05, 4.69) is 15.5 Å². The van der Waals surface area contributed by atoms with Crippen molar-refractivity contribution in [2.75, 3.05) is 13.2 Å². The number of ether oxygens (including phenoxy) is 1. The first kappa shape index (κ1) is 25.7. The number of benzene rings is 1. The summed E-state index contributed by atoms with van der Waals surface area (Å²) in [4.78, 5) is 30.0. The summed E-state index contributed by atoms with van der Waals surface area (Å²) in [6, 6.07) is 5.43. The van der Waals surface area contributed by atoms with E-state index in [1.807, 2.05) is 0 Å². The van der Waals surface area contributed by atoms with Crippen LogP contribution in [0, 0.1) is 5.41 Å². The number of nitrogens with zero attached hydrogens (tertiary/aromatic N) is 1. The Morgan fingerprint density at radius 1 is 1.38 bits per heavy atom. The fraction of sp³-hybridized carbons (Fsp3) is 0.294. The zero-order chi connectivity index (χ0) is 23.7. The van der Waals surface area contributed by atoms with E-state index in [9.17, 15) is 9.59 Å². The predicted octanol–water partition coefficient (Wildman–Crippen LogP) is 0.0302. The summed E-state index contributed by atoms with van der Waals surface area (Å²) in [6.45, 7) is 1.88. The number of nitrogens with two attached hydrogens (primary N) is 2. The first-order valence-corrected chi connectivity index (χ1v) is 11.1. The normalized spacial score (nSPS) is 18.2. The fourth-order valence-electron chi connectivity index (χ4n) is 2.58. The second kappa shape index (κ2) is 12.5. The average Bonchev–Trinajstić information content (AvgIpc) is 2.79. The molecule has 1 aromatic carbocycles. The highest BCUT2D eigenvalue weighted by atomic mass is 32.2. The number of amidine groups is 1. The number of carbonyl (C=O) groups excluding carboxylic acids is 2. The first-order valence-electron chi connectivity index (χ1n) is 9.05. The van der Waals surface area contributed by atoms with Crippen molar-refractivity contribution in [2.24, 2.45) is 10.9 Å². The van der Waals surface area contributed by atoms with Crippen molar-refractivity contribution in [3.63, 3.8) is 0 Å². The van der Waals surface area contributed by atoms with Crippen LogP contribution in [0.5, 0.6) is 5.75 Å². The zero-order valence-electron chi connectivity index (χ0n) is 16.9. The van der Waals surface area contributed by atoms with Gasteiger partial charge in [-0.15, -0.1) is 0 Å². The standard InChI is InChI=1S/C17H23N7O5S3/c1-9-13(17(26)24(9)32-27)21-16(25)14(12(8-30)23-31-20)22-29-7-6-28-11-4-2-10(3-5-11)15(18)19/h2-5,8-9,13,22-23,27H,6-7,20H2,1H3,(H3,18,19)(H,21,25)/b14-12-/t9-,13+/m1/s1. The van der Waals surface area contributed by atoms with Gasteiger partial charge in [0.2, 0.25) is 0 Å². The second-order valence-corrected chi connectivity index (χ2v) is 7.53. The molecule has 1 fully saturated rings. The molecule has 0 spiro atoms. The van der Waals surface area contributed by atoms with Crippen LogP contribution in [0.1, 0.15) is 12.5 Å². The van der Waals surface area contributed by atoms with Gasteiger partial charge in [0.05, 0.1) is 11.7 Å². The van der Waals surface area contributed by atoms with Crippen LogP contribution in [0.25, 0.3) is 0 Å². The highest BCUT2D eigenvalue weighted by Crippen LogP contribution is 2.26. The van der Waals surface area contributed by atoms with Gasteiger partial charge in [0.1, 0.15) is 43.1 Å². The zero-order valence-corrected chi connectivity index (χ0v) is 19.3. The van der Waals surface area contributed by atoms with Crippen LogP contribution in [-0.4, -0.2) is 57.2 Å². The Morgan fingerprint density at radius 3 is 2.59 bits per heavy atom. The molecule has 2 atom stereocenters. The minimum Gasteiger partial charge on any atom is -0.491 e. The Morgan fingerprint density at radius 2 is 2.06 bits per heavy atom. The largest absolute Gasteiger partial charge is 0.491 e. The number of allylic oxidation sites excluding steroid dienone is 1. The van der Waals surface area contributed by atoms with E-state index >= 15 is 0 Å². The van der Waals surface area contributed by atoms with Gasteiger partial charge in [-0.1, -0.05) is 12.2 Å². The van der Waals surface area contributed by atoms with Crippen LogP contribution in [0.15, 0.2) is 35.7 Å². The smallest absolute Gasteiger partial charge is 0.272 e. The Kier molecular flexibility index (Phi) is 10.0. The molecule has 0 radical (unpaired) electrons. The third-order valence-electron chi connectivity index (χ3n) is 4.29. The lowest BCUT2D eigenvalue weighted by atomic mass is 10.0. The lowest BCUT2D eigenvalue weighted by molar-refractivity contribution is -0.143. The third-order valence-corrected chi connectivity index (χ3v) is 5.55. The van der Waals surface area contributed by atoms with Gasteiger partial charge in [-0.25, -0.2) is 0 Å². The molecular weight excluding hydrogens is 478 g/mol. The van der Waals surface area contributed by atoms with Crippen molar-refractivity contribution >= 4 is 59.6 Å². The number of amides is 2. The summed E-state index contributed by atoms with van der Waals surface area (Å²) in [6.07, 6.45) is 0. The number of thiocarbonyl (C=S) groups is 1. The van der Waals surface area contributed by atoms with Crippen molar-refractivity contribution in [2.45, 2.75) is 19.0 Å². The number of nitrogens with one attached hydrogen (secondary N) is 4. The summed E-state index contributed by atoms with van der Waals surface area (Å²) in [7, 11) is 0. The maximum Gasteiger partial charge on any atom is 0.272 e. The van der Waals surface area contributed by atoms with E-state index < -0.39 is 23.9 Å². The number of hydroxylamine groups is 1. The Labute approximate surface area is 198 Å². The van der Waals surface area contributed by atoms with E-state index in [1.165, 1.54) is 5.37 Å².